The fraction of sp³-hybridized carbons (Fsp3) is 0.182. The van der Waals surface area contributed by atoms with E-state index < -0.39 is 0 Å². The number of nitrogens with zero attached hydrogens (tertiary/aromatic N) is 1. The minimum atomic E-state index is -0.260. The molecule has 1 heterocycles. The number of hydrogen-bond donors (Lipinski definition) is 2. The molecule has 0 aliphatic rings. The number of halogens is 1. The van der Waals surface area contributed by atoms with Gasteiger partial charge >= 0.3 is 0 Å². The van der Waals surface area contributed by atoms with Crippen molar-refractivity contribution in [2.75, 3.05) is 11.9 Å². The first-order valence-corrected chi connectivity index (χ1v) is 8.92. The Kier molecular flexibility index (Phi) is 6.15. The average molecular weight is 363 g/mol. The zero-order valence-corrected chi connectivity index (χ0v) is 15.2. The van der Waals surface area contributed by atoms with E-state index in [1.807, 2.05) is 37.3 Å². The van der Waals surface area contributed by atoms with E-state index >= 15 is 0 Å². The lowest BCUT2D eigenvalue weighted by molar-refractivity contribution is 0.0954. The third-order valence-corrected chi connectivity index (χ3v) is 4.30. The molecule has 0 aliphatic heterocycles. The van der Waals surface area contributed by atoms with Gasteiger partial charge < -0.3 is 10.6 Å². The molecule has 4 nitrogen and oxygen atoms in total. The van der Waals surface area contributed by atoms with Gasteiger partial charge in [0, 0.05) is 24.3 Å². The van der Waals surface area contributed by atoms with Gasteiger partial charge in [-0.25, -0.2) is 9.37 Å². The molecular weight excluding hydrogens is 341 g/mol. The van der Waals surface area contributed by atoms with Gasteiger partial charge in [0.05, 0.1) is 0 Å². The van der Waals surface area contributed by atoms with Crippen molar-refractivity contribution in [3.8, 4) is 0 Å². The monoisotopic (exact) mass is 363 g/mol. The summed E-state index contributed by atoms with van der Waals surface area (Å²) in [4.78, 5) is 16.7. The highest BCUT2D eigenvalue weighted by atomic mass is 19.1. The molecule has 0 saturated carbocycles. The predicted molar refractivity (Wildman–Crippen MR) is 105 cm³/mol. The fourth-order valence-corrected chi connectivity index (χ4v) is 2.77. The predicted octanol–water partition coefficient (Wildman–Crippen LogP) is 4.37. The lowest BCUT2D eigenvalue weighted by Crippen LogP contribution is -2.25. The number of anilines is 1. The molecule has 0 fully saturated rings. The molecule has 0 spiro atoms. The maximum atomic E-state index is 12.9. The van der Waals surface area contributed by atoms with Crippen LogP contribution < -0.4 is 10.6 Å². The SMILES string of the molecule is CC(Nc1cc(C(=O)NCCc2ccc(F)cc2)ccn1)c1ccccc1. The van der Waals surface area contributed by atoms with E-state index in [1.54, 1.807) is 30.5 Å². The number of carbonyl (C=O) groups is 1. The van der Waals surface area contributed by atoms with E-state index in [0.717, 1.165) is 11.1 Å². The van der Waals surface area contributed by atoms with Crippen molar-refractivity contribution in [2.45, 2.75) is 19.4 Å². The molecule has 0 aliphatic carbocycles. The first-order valence-electron chi connectivity index (χ1n) is 8.92. The Balaban J connectivity index is 1.56. The summed E-state index contributed by atoms with van der Waals surface area (Å²) in [6.07, 6.45) is 2.27. The van der Waals surface area contributed by atoms with Gasteiger partial charge in [0.1, 0.15) is 11.6 Å². The summed E-state index contributed by atoms with van der Waals surface area (Å²) in [5, 5.41) is 6.20. The number of hydrogen-bond acceptors (Lipinski definition) is 3. The van der Waals surface area contributed by atoms with Crippen LogP contribution in [-0.4, -0.2) is 17.4 Å². The van der Waals surface area contributed by atoms with Crippen molar-refractivity contribution >= 4 is 11.7 Å². The van der Waals surface area contributed by atoms with Crippen LogP contribution in [0.15, 0.2) is 72.9 Å². The molecule has 0 bridgehead atoms. The highest BCUT2D eigenvalue weighted by molar-refractivity contribution is 5.94. The Morgan fingerprint density at radius 1 is 1.07 bits per heavy atom. The number of pyridine rings is 1. The summed E-state index contributed by atoms with van der Waals surface area (Å²) >= 11 is 0. The van der Waals surface area contributed by atoms with Gasteiger partial charge in [-0.1, -0.05) is 42.5 Å². The maximum Gasteiger partial charge on any atom is 0.251 e. The molecule has 138 valence electrons. The molecule has 3 rings (SSSR count). The Labute approximate surface area is 158 Å². The van der Waals surface area contributed by atoms with Gasteiger partial charge in [-0.2, -0.15) is 0 Å². The summed E-state index contributed by atoms with van der Waals surface area (Å²) in [5.74, 6) is 0.233. The summed E-state index contributed by atoms with van der Waals surface area (Å²) in [6.45, 7) is 2.53. The summed E-state index contributed by atoms with van der Waals surface area (Å²) in [7, 11) is 0. The fourth-order valence-electron chi connectivity index (χ4n) is 2.77. The molecule has 1 aromatic heterocycles. The van der Waals surface area contributed by atoms with Crippen LogP contribution in [0.25, 0.3) is 0 Å². The first-order chi connectivity index (χ1) is 13.1. The molecule has 0 radical (unpaired) electrons. The summed E-state index contributed by atoms with van der Waals surface area (Å²) < 4.78 is 12.9. The summed E-state index contributed by atoms with van der Waals surface area (Å²) in [6, 6.07) is 19.9. The third kappa shape index (κ3) is 5.38. The lowest BCUT2D eigenvalue weighted by atomic mass is 10.1. The van der Waals surface area contributed by atoms with E-state index in [2.05, 4.69) is 15.6 Å². The number of aromatic nitrogens is 1. The van der Waals surface area contributed by atoms with Crippen molar-refractivity contribution in [2.24, 2.45) is 0 Å². The molecule has 1 atom stereocenters. The number of nitrogens with one attached hydrogen (secondary N) is 2. The largest absolute Gasteiger partial charge is 0.364 e. The van der Waals surface area contributed by atoms with Crippen molar-refractivity contribution in [3.63, 3.8) is 0 Å². The van der Waals surface area contributed by atoms with Crippen LogP contribution >= 0.6 is 0 Å². The Bertz CT molecular complexity index is 882. The minimum absolute atomic E-state index is 0.0792. The van der Waals surface area contributed by atoms with Gasteiger partial charge in [-0.15, -0.1) is 0 Å². The number of rotatable bonds is 7. The molecule has 27 heavy (non-hydrogen) atoms. The van der Waals surface area contributed by atoms with Crippen molar-refractivity contribution in [3.05, 3.63) is 95.4 Å². The average Bonchev–Trinajstić information content (AvgIpc) is 2.70. The van der Waals surface area contributed by atoms with E-state index in [1.165, 1.54) is 12.1 Å². The molecule has 5 heteroatoms. The molecule has 2 N–H and O–H groups in total. The van der Waals surface area contributed by atoms with Crippen LogP contribution in [0.4, 0.5) is 10.2 Å². The number of benzene rings is 2. The number of amides is 1. The van der Waals surface area contributed by atoms with Crippen LogP contribution in [0.5, 0.6) is 0 Å². The molecular formula is C22H22FN3O. The Hall–Kier alpha value is -3.21. The second-order valence-electron chi connectivity index (χ2n) is 6.34. The normalized spacial score (nSPS) is 11.6. The standard InChI is InChI=1S/C22H22FN3O/c1-16(18-5-3-2-4-6-18)26-21-15-19(12-14-24-21)22(27)25-13-11-17-7-9-20(23)10-8-17/h2-10,12,14-16H,11,13H2,1H3,(H,24,26)(H,25,27). The quantitative estimate of drug-likeness (QED) is 0.655. The van der Waals surface area contributed by atoms with Gasteiger partial charge in [0.15, 0.2) is 0 Å². The maximum absolute atomic E-state index is 12.9. The van der Waals surface area contributed by atoms with Gasteiger partial charge in [-0.3, -0.25) is 4.79 Å². The van der Waals surface area contributed by atoms with Crippen molar-refractivity contribution in [1.29, 1.82) is 0 Å². The van der Waals surface area contributed by atoms with Crippen LogP contribution in [0.3, 0.4) is 0 Å². The van der Waals surface area contributed by atoms with Gasteiger partial charge in [0.25, 0.3) is 5.91 Å². The minimum Gasteiger partial charge on any atom is -0.364 e. The van der Waals surface area contributed by atoms with Crippen molar-refractivity contribution in [1.82, 2.24) is 10.3 Å². The molecule has 2 aromatic carbocycles. The van der Waals surface area contributed by atoms with E-state index in [-0.39, 0.29) is 17.8 Å². The Morgan fingerprint density at radius 2 is 1.81 bits per heavy atom. The highest BCUT2D eigenvalue weighted by Crippen LogP contribution is 2.18. The zero-order chi connectivity index (χ0) is 19.1. The van der Waals surface area contributed by atoms with Crippen LogP contribution in [0, 0.1) is 5.82 Å². The van der Waals surface area contributed by atoms with Gasteiger partial charge in [-0.05, 0) is 48.7 Å². The van der Waals surface area contributed by atoms with E-state index in [4.69, 9.17) is 0 Å². The molecule has 1 unspecified atom stereocenters. The van der Waals surface area contributed by atoms with Gasteiger partial charge in [0.2, 0.25) is 0 Å². The smallest absolute Gasteiger partial charge is 0.251 e. The second-order valence-corrected chi connectivity index (χ2v) is 6.34. The van der Waals surface area contributed by atoms with E-state index in [9.17, 15) is 9.18 Å². The lowest BCUT2D eigenvalue weighted by Gasteiger charge is -2.15. The topological polar surface area (TPSA) is 54.0 Å². The first kappa shape index (κ1) is 18.6. The second kappa shape index (κ2) is 8.94. The van der Waals surface area contributed by atoms with Crippen molar-refractivity contribution < 1.29 is 9.18 Å². The molecule has 3 aromatic rings. The highest BCUT2D eigenvalue weighted by Gasteiger charge is 2.09. The van der Waals surface area contributed by atoms with Crippen LogP contribution in [0.2, 0.25) is 0 Å². The zero-order valence-electron chi connectivity index (χ0n) is 15.2. The molecule has 0 saturated heterocycles. The summed E-state index contributed by atoms with van der Waals surface area (Å²) in [5.41, 5.74) is 2.67. The van der Waals surface area contributed by atoms with E-state index in [0.29, 0.717) is 24.3 Å². The van der Waals surface area contributed by atoms with Crippen LogP contribution in [0.1, 0.15) is 34.5 Å². The Morgan fingerprint density at radius 3 is 2.56 bits per heavy atom. The third-order valence-electron chi connectivity index (χ3n) is 4.30. The van der Waals surface area contributed by atoms with Crippen LogP contribution in [-0.2, 0) is 6.42 Å². The number of carbonyl (C=O) groups excluding carboxylic acids is 1. The molecule has 1 amide bonds.